The predicted molar refractivity (Wildman–Crippen MR) is 92.3 cm³/mol. The van der Waals surface area contributed by atoms with Crippen molar-refractivity contribution >= 4 is 17.7 Å². The minimum absolute atomic E-state index is 0.0790. The van der Waals surface area contributed by atoms with Gasteiger partial charge in [-0.2, -0.15) is 0 Å². The van der Waals surface area contributed by atoms with Gasteiger partial charge in [-0.1, -0.05) is 0 Å². The number of hydrogen-bond donors (Lipinski definition) is 1. The predicted octanol–water partition coefficient (Wildman–Crippen LogP) is 2.02. The van der Waals surface area contributed by atoms with Crippen molar-refractivity contribution < 1.29 is 9.53 Å². The van der Waals surface area contributed by atoms with E-state index in [-0.39, 0.29) is 11.9 Å². The monoisotopic (exact) mass is 342 g/mol. The van der Waals surface area contributed by atoms with Gasteiger partial charge in [-0.3, -0.25) is 4.79 Å². The van der Waals surface area contributed by atoms with Crippen LogP contribution in [0.4, 0.5) is 11.8 Å². The fourth-order valence-electron chi connectivity index (χ4n) is 2.95. The molecule has 0 aliphatic carbocycles. The lowest BCUT2D eigenvalue weighted by Gasteiger charge is -2.24. The number of anilines is 2. The summed E-state index contributed by atoms with van der Waals surface area (Å²) in [5.74, 6) is 1.84. The van der Waals surface area contributed by atoms with Gasteiger partial charge in [-0.05, 0) is 25.8 Å². The van der Waals surface area contributed by atoms with Gasteiger partial charge in [0.1, 0.15) is 5.82 Å². The summed E-state index contributed by atoms with van der Waals surface area (Å²) < 4.78 is 5.01. The topological polar surface area (TPSA) is 93.1 Å². The summed E-state index contributed by atoms with van der Waals surface area (Å²) in [6.07, 6.45) is 5.52. The van der Waals surface area contributed by atoms with E-state index in [1.54, 1.807) is 25.6 Å². The first kappa shape index (κ1) is 17.2. The Balaban J connectivity index is 1.80. The normalized spacial score (nSPS) is 16.9. The number of likely N-dealkylation sites (tertiary alicyclic amines) is 1. The van der Waals surface area contributed by atoms with E-state index in [1.165, 1.54) is 0 Å². The molecule has 132 valence electrons. The molecule has 1 fully saturated rings. The fourth-order valence-corrected chi connectivity index (χ4v) is 2.95. The van der Waals surface area contributed by atoms with Gasteiger partial charge in [0.15, 0.2) is 5.82 Å². The van der Waals surface area contributed by atoms with E-state index in [4.69, 9.17) is 4.74 Å². The molecular weight excluding hydrogens is 320 g/mol. The number of hydrogen-bond acceptors (Lipinski definition) is 7. The molecule has 8 heteroatoms. The van der Waals surface area contributed by atoms with E-state index in [0.717, 1.165) is 25.1 Å². The Hall–Kier alpha value is -2.61. The van der Waals surface area contributed by atoms with Crippen LogP contribution in [0.25, 0.3) is 0 Å². The third-order valence-electron chi connectivity index (χ3n) is 4.07. The van der Waals surface area contributed by atoms with Crippen molar-refractivity contribution in [2.75, 3.05) is 25.6 Å². The highest BCUT2D eigenvalue weighted by molar-refractivity contribution is 5.77. The Bertz CT molecular complexity index is 724. The van der Waals surface area contributed by atoms with E-state index in [9.17, 15) is 4.79 Å². The highest BCUT2D eigenvalue weighted by Gasteiger charge is 2.32. The van der Waals surface area contributed by atoms with Gasteiger partial charge < -0.3 is 15.0 Å². The maximum atomic E-state index is 12.4. The Morgan fingerprint density at radius 1 is 1.36 bits per heavy atom. The summed E-state index contributed by atoms with van der Waals surface area (Å²) >= 11 is 0. The number of methoxy groups -OCH3 is 1. The van der Waals surface area contributed by atoms with Crippen molar-refractivity contribution in [3.8, 4) is 0 Å². The zero-order valence-corrected chi connectivity index (χ0v) is 14.5. The van der Waals surface area contributed by atoms with E-state index in [1.807, 2.05) is 17.9 Å². The van der Waals surface area contributed by atoms with Gasteiger partial charge >= 0.3 is 0 Å². The van der Waals surface area contributed by atoms with Gasteiger partial charge in [0, 0.05) is 37.8 Å². The zero-order chi connectivity index (χ0) is 17.6. The Kier molecular flexibility index (Phi) is 5.49. The van der Waals surface area contributed by atoms with Crippen molar-refractivity contribution in [3.05, 3.63) is 36.0 Å². The highest BCUT2D eigenvalue weighted by Crippen LogP contribution is 2.31. The van der Waals surface area contributed by atoms with Gasteiger partial charge in [-0.15, -0.1) is 0 Å². The molecule has 3 rings (SSSR count). The number of ether oxygens (including phenoxy) is 1. The molecule has 2 aromatic rings. The molecule has 0 radical (unpaired) electrons. The van der Waals surface area contributed by atoms with Crippen LogP contribution in [-0.2, 0) is 9.53 Å². The van der Waals surface area contributed by atoms with Crippen LogP contribution < -0.4 is 5.32 Å². The summed E-state index contributed by atoms with van der Waals surface area (Å²) in [7, 11) is 1.60. The first-order chi connectivity index (χ1) is 12.2. The Labute approximate surface area is 146 Å². The molecule has 1 saturated heterocycles. The lowest BCUT2D eigenvalue weighted by atomic mass is 10.2. The number of carbonyl (C=O) groups is 1. The molecule has 1 atom stereocenters. The standard InChI is InChI=1S/C17H22N6O2/c1-12-11-14(22-17-18-7-4-8-19-17)21-16(20-12)13-5-3-9-23(13)15(24)6-10-25-2/h4,7-8,11,13H,3,5-6,9-10H2,1-2H3,(H,18,19,20,21,22). The van der Waals surface area contributed by atoms with E-state index >= 15 is 0 Å². The second-order valence-corrected chi connectivity index (χ2v) is 5.94. The molecule has 1 N–H and O–H groups in total. The number of nitrogens with one attached hydrogen (secondary N) is 1. The van der Waals surface area contributed by atoms with Crippen molar-refractivity contribution in [1.29, 1.82) is 0 Å². The average Bonchev–Trinajstić information content (AvgIpc) is 3.10. The highest BCUT2D eigenvalue weighted by atomic mass is 16.5. The van der Waals surface area contributed by atoms with Crippen LogP contribution in [0, 0.1) is 6.92 Å². The quantitative estimate of drug-likeness (QED) is 0.858. The van der Waals surface area contributed by atoms with Gasteiger partial charge in [0.25, 0.3) is 0 Å². The minimum Gasteiger partial charge on any atom is -0.384 e. The van der Waals surface area contributed by atoms with E-state index in [0.29, 0.717) is 30.6 Å². The zero-order valence-electron chi connectivity index (χ0n) is 14.5. The maximum absolute atomic E-state index is 12.4. The van der Waals surface area contributed by atoms with E-state index < -0.39 is 0 Å². The minimum atomic E-state index is -0.0958. The number of nitrogens with zero attached hydrogens (tertiary/aromatic N) is 5. The van der Waals surface area contributed by atoms with Crippen LogP contribution in [0.5, 0.6) is 0 Å². The van der Waals surface area contributed by atoms with E-state index in [2.05, 4.69) is 25.3 Å². The molecule has 1 amide bonds. The lowest BCUT2D eigenvalue weighted by molar-refractivity contribution is -0.133. The number of aromatic nitrogens is 4. The van der Waals surface area contributed by atoms with Gasteiger partial charge in [-0.25, -0.2) is 19.9 Å². The van der Waals surface area contributed by atoms with Crippen molar-refractivity contribution in [3.63, 3.8) is 0 Å². The molecule has 3 heterocycles. The molecule has 1 aliphatic rings. The van der Waals surface area contributed by atoms with Crippen LogP contribution >= 0.6 is 0 Å². The number of carbonyl (C=O) groups excluding carboxylic acids is 1. The number of amides is 1. The van der Waals surface area contributed by atoms with Crippen LogP contribution in [0.15, 0.2) is 24.5 Å². The van der Waals surface area contributed by atoms with Crippen LogP contribution in [0.2, 0.25) is 0 Å². The molecule has 8 nitrogen and oxygen atoms in total. The van der Waals surface area contributed by atoms with Crippen molar-refractivity contribution in [1.82, 2.24) is 24.8 Å². The molecule has 2 aromatic heterocycles. The largest absolute Gasteiger partial charge is 0.384 e. The lowest BCUT2D eigenvalue weighted by Crippen LogP contribution is -2.32. The van der Waals surface area contributed by atoms with Crippen LogP contribution in [-0.4, -0.2) is 51.0 Å². The Morgan fingerprint density at radius 2 is 2.16 bits per heavy atom. The molecule has 1 aliphatic heterocycles. The molecule has 1 unspecified atom stereocenters. The SMILES string of the molecule is COCCC(=O)N1CCCC1c1nc(C)cc(Nc2ncccn2)n1. The smallest absolute Gasteiger partial charge is 0.228 e. The second kappa shape index (κ2) is 7.98. The van der Waals surface area contributed by atoms with Crippen molar-refractivity contribution in [2.24, 2.45) is 0 Å². The summed E-state index contributed by atoms with van der Waals surface area (Å²) in [6, 6.07) is 3.50. The Morgan fingerprint density at radius 3 is 2.92 bits per heavy atom. The first-order valence-corrected chi connectivity index (χ1v) is 8.35. The summed E-state index contributed by atoms with van der Waals surface area (Å²) in [5, 5.41) is 3.09. The molecule has 0 spiro atoms. The fraction of sp³-hybridized carbons (Fsp3) is 0.471. The maximum Gasteiger partial charge on any atom is 0.228 e. The van der Waals surface area contributed by atoms with Gasteiger partial charge in [0.2, 0.25) is 11.9 Å². The molecule has 0 saturated carbocycles. The summed E-state index contributed by atoms with van der Waals surface area (Å²) in [4.78, 5) is 31.7. The molecule has 25 heavy (non-hydrogen) atoms. The summed E-state index contributed by atoms with van der Waals surface area (Å²) in [5.41, 5.74) is 0.833. The molecular formula is C17H22N6O2. The summed E-state index contributed by atoms with van der Waals surface area (Å²) in [6.45, 7) is 3.07. The van der Waals surface area contributed by atoms with Crippen LogP contribution in [0.3, 0.4) is 0 Å². The third-order valence-corrected chi connectivity index (χ3v) is 4.07. The second-order valence-electron chi connectivity index (χ2n) is 5.94. The molecule has 0 aromatic carbocycles. The molecule has 0 bridgehead atoms. The average molecular weight is 342 g/mol. The first-order valence-electron chi connectivity index (χ1n) is 8.35. The number of aryl methyl sites for hydroxylation is 1. The van der Waals surface area contributed by atoms with Gasteiger partial charge in [0.05, 0.1) is 19.1 Å². The third kappa shape index (κ3) is 4.27. The number of rotatable bonds is 6. The van der Waals surface area contributed by atoms with Crippen LogP contribution in [0.1, 0.15) is 36.8 Å². The van der Waals surface area contributed by atoms with Crippen molar-refractivity contribution in [2.45, 2.75) is 32.2 Å².